The van der Waals surface area contributed by atoms with Crippen LogP contribution in [0.25, 0.3) is 6.08 Å². The van der Waals surface area contributed by atoms with Crippen molar-refractivity contribution in [3.63, 3.8) is 0 Å². The first-order valence-electron chi connectivity index (χ1n) is 3.88. The molecule has 0 radical (unpaired) electrons. The van der Waals surface area contributed by atoms with E-state index in [0.717, 1.165) is 11.3 Å². The van der Waals surface area contributed by atoms with Gasteiger partial charge in [0, 0.05) is 0 Å². The van der Waals surface area contributed by atoms with E-state index in [1.807, 2.05) is 24.3 Å². The molecule has 0 saturated carbocycles. The standard InChI is InChI=1S/C10H12N2O/c1-13-9-5-2-8(3-6-9)4-7-10(11)12/h2-7H,1H3,(H3,11,12)/b7-4+. The molecule has 0 saturated heterocycles. The van der Waals surface area contributed by atoms with Gasteiger partial charge in [0.2, 0.25) is 0 Å². The maximum Gasteiger partial charge on any atom is 0.118 e. The molecule has 0 amide bonds. The second kappa shape index (κ2) is 4.30. The number of benzene rings is 1. The minimum atomic E-state index is 0.0517. The Morgan fingerprint density at radius 1 is 1.38 bits per heavy atom. The maximum atomic E-state index is 6.99. The van der Waals surface area contributed by atoms with E-state index < -0.39 is 0 Å². The fraction of sp³-hybridized carbons (Fsp3) is 0.100. The lowest BCUT2D eigenvalue weighted by atomic mass is 10.2. The van der Waals surface area contributed by atoms with E-state index in [9.17, 15) is 0 Å². The number of rotatable bonds is 3. The molecule has 0 unspecified atom stereocenters. The average molecular weight is 176 g/mol. The van der Waals surface area contributed by atoms with Gasteiger partial charge in [0.15, 0.2) is 0 Å². The van der Waals surface area contributed by atoms with E-state index in [1.165, 1.54) is 0 Å². The third-order valence-electron chi connectivity index (χ3n) is 1.57. The quantitative estimate of drug-likeness (QED) is 0.543. The van der Waals surface area contributed by atoms with Crippen LogP contribution in [0.5, 0.6) is 5.75 Å². The van der Waals surface area contributed by atoms with Gasteiger partial charge in [-0.3, -0.25) is 5.41 Å². The Labute approximate surface area is 77.3 Å². The molecule has 0 aliphatic carbocycles. The molecule has 0 bridgehead atoms. The summed E-state index contributed by atoms with van der Waals surface area (Å²) in [4.78, 5) is 0. The lowest BCUT2D eigenvalue weighted by Gasteiger charge is -1.98. The summed E-state index contributed by atoms with van der Waals surface area (Å²) in [5.74, 6) is 0.871. The van der Waals surface area contributed by atoms with Gasteiger partial charge < -0.3 is 10.5 Å². The van der Waals surface area contributed by atoms with E-state index in [2.05, 4.69) is 0 Å². The summed E-state index contributed by atoms with van der Waals surface area (Å²) in [6.07, 6.45) is 3.32. The van der Waals surface area contributed by atoms with Gasteiger partial charge >= 0.3 is 0 Å². The van der Waals surface area contributed by atoms with Gasteiger partial charge in [-0.2, -0.15) is 0 Å². The number of hydrogen-bond donors (Lipinski definition) is 2. The van der Waals surface area contributed by atoms with Gasteiger partial charge in [-0.25, -0.2) is 0 Å². The zero-order valence-corrected chi connectivity index (χ0v) is 7.45. The van der Waals surface area contributed by atoms with Crippen LogP contribution in [0.4, 0.5) is 0 Å². The second-order valence-electron chi connectivity index (χ2n) is 2.56. The monoisotopic (exact) mass is 176 g/mol. The highest BCUT2D eigenvalue weighted by Gasteiger charge is 1.89. The summed E-state index contributed by atoms with van der Waals surface area (Å²) in [6.45, 7) is 0. The summed E-state index contributed by atoms with van der Waals surface area (Å²) < 4.78 is 5.00. The van der Waals surface area contributed by atoms with Crippen LogP contribution in [0.2, 0.25) is 0 Å². The van der Waals surface area contributed by atoms with Crippen LogP contribution < -0.4 is 10.5 Å². The summed E-state index contributed by atoms with van der Waals surface area (Å²) >= 11 is 0. The van der Waals surface area contributed by atoms with Gasteiger partial charge in [0.05, 0.1) is 7.11 Å². The topological polar surface area (TPSA) is 59.1 Å². The molecule has 0 heterocycles. The normalized spacial score (nSPS) is 10.2. The molecule has 1 aromatic rings. The highest BCUT2D eigenvalue weighted by Crippen LogP contribution is 2.11. The third kappa shape index (κ3) is 2.99. The Kier molecular flexibility index (Phi) is 3.09. The smallest absolute Gasteiger partial charge is 0.118 e. The van der Waals surface area contributed by atoms with Crippen molar-refractivity contribution in [2.45, 2.75) is 0 Å². The maximum absolute atomic E-state index is 6.99. The minimum Gasteiger partial charge on any atom is -0.497 e. The molecular formula is C10H12N2O. The number of methoxy groups -OCH3 is 1. The molecule has 0 aliphatic rings. The first kappa shape index (κ1) is 9.32. The molecule has 0 fully saturated rings. The molecule has 0 spiro atoms. The molecule has 3 nitrogen and oxygen atoms in total. The van der Waals surface area contributed by atoms with Crippen molar-refractivity contribution >= 4 is 11.9 Å². The van der Waals surface area contributed by atoms with E-state index >= 15 is 0 Å². The zero-order valence-electron chi connectivity index (χ0n) is 7.45. The Morgan fingerprint density at radius 2 is 2.00 bits per heavy atom. The van der Waals surface area contributed by atoms with Gasteiger partial charge in [-0.05, 0) is 23.8 Å². The Balaban J connectivity index is 2.75. The molecule has 3 heteroatoms. The van der Waals surface area contributed by atoms with Gasteiger partial charge in [-0.15, -0.1) is 0 Å². The number of amidine groups is 1. The fourth-order valence-corrected chi connectivity index (χ4v) is 0.901. The highest BCUT2D eigenvalue weighted by molar-refractivity contribution is 5.92. The second-order valence-corrected chi connectivity index (χ2v) is 2.56. The Bertz CT molecular complexity index is 314. The first-order chi connectivity index (χ1) is 6.22. The fourth-order valence-electron chi connectivity index (χ4n) is 0.901. The molecule has 68 valence electrons. The van der Waals surface area contributed by atoms with Crippen molar-refractivity contribution in [1.29, 1.82) is 5.41 Å². The van der Waals surface area contributed by atoms with Crippen molar-refractivity contribution in [1.82, 2.24) is 0 Å². The minimum absolute atomic E-state index is 0.0517. The molecule has 0 atom stereocenters. The summed E-state index contributed by atoms with van der Waals surface area (Å²) in [5, 5.41) is 6.99. The SMILES string of the molecule is COc1ccc(/C=C/C(=N)N)cc1. The molecular weight excluding hydrogens is 164 g/mol. The van der Waals surface area contributed by atoms with Gasteiger partial charge in [-0.1, -0.05) is 18.2 Å². The lowest BCUT2D eigenvalue weighted by molar-refractivity contribution is 0.415. The van der Waals surface area contributed by atoms with Crippen LogP contribution in [-0.4, -0.2) is 12.9 Å². The zero-order chi connectivity index (χ0) is 9.68. The Morgan fingerprint density at radius 3 is 2.46 bits per heavy atom. The van der Waals surface area contributed by atoms with Crippen molar-refractivity contribution in [2.75, 3.05) is 7.11 Å². The number of nitrogens with two attached hydrogens (primary N) is 1. The van der Waals surface area contributed by atoms with Crippen LogP contribution in [0.15, 0.2) is 30.3 Å². The summed E-state index contributed by atoms with van der Waals surface area (Å²) in [6, 6.07) is 7.52. The number of ether oxygens (including phenoxy) is 1. The van der Waals surface area contributed by atoms with Crippen molar-refractivity contribution in [3.8, 4) is 5.75 Å². The molecule has 0 aromatic heterocycles. The Hall–Kier alpha value is -1.77. The average Bonchev–Trinajstić information content (AvgIpc) is 2.15. The number of hydrogen-bond acceptors (Lipinski definition) is 2. The predicted octanol–water partition coefficient (Wildman–Crippen LogP) is 1.64. The van der Waals surface area contributed by atoms with E-state index in [1.54, 1.807) is 19.3 Å². The van der Waals surface area contributed by atoms with Gasteiger partial charge in [0.25, 0.3) is 0 Å². The lowest BCUT2D eigenvalue weighted by Crippen LogP contribution is -2.03. The predicted molar refractivity (Wildman–Crippen MR) is 53.9 cm³/mol. The molecule has 13 heavy (non-hydrogen) atoms. The van der Waals surface area contributed by atoms with Crippen LogP contribution in [0.1, 0.15) is 5.56 Å². The highest BCUT2D eigenvalue weighted by atomic mass is 16.5. The van der Waals surface area contributed by atoms with Gasteiger partial charge in [0.1, 0.15) is 11.6 Å². The van der Waals surface area contributed by atoms with Crippen molar-refractivity contribution < 1.29 is 4.74 Å². The van der Waals surface area contributed by atoms with E-state index in [0.29, 0.717) is 0 Å². The summed E-state index contributed by atoms with van der Waals surface area (Å²) in [5.41, 5.74) is 6.16. The van der Waals surface area contributed by atoms with E-state index in [4.69, 9.17) is 15.9 Å². The molecule has 3 N–H and O–H groups in total. The first-order valence-corrected chi connectivity index (χ1v) is 3.88. The third-order valence-corrected chi connectivity index (χ3v) is 1.57. The molecule has 1 rings (SSSR count). The largest absolute Gasteiger partial charge is 0.497 e. The molecule has 0 aliphatic heterocycles. The van der Waals surface area contributed by atoms with Crippen LogP contribution in [-0.2, 0) is 0 Å². The number of nitrogens with one attached hydrogen (secondary N) is 1. The van der Waals surface area contributed by atoms with Crippen LogP contribution >= 0.6 is 0 Å². The van der Waals surface area contributed by atoms with Crippen LogP contribution in [0.3, 0.4) is 0 Å². The van der Waals surface area contributed by atoms with E-state index in [-0.39, 0.29) is 5.84 Å². The van der Waals surface area contributed by atoms with Crippen molar-refractivity contribution in [3.05, 3.63) is 35.9 Å². The summed E-state index contributed by atoms with van der Waals surface area (Å²) in [7, 11) is 1.63. The van der Waals surface area contributed by atoms with Crippen LogP contribution in [0, 0.1) is 5.41 Å². The van der Waals surface area contributed by atoms with Crippen molar-refractivity contribution in [2.24, 2.45) is 5.73 Å². The molecule has 1 aromatic carbocycles.